The maximum atomic E-state index is 2.54. The van der Waals surface area contributed by atoms with E-state index in [1.165, 1.54) is 15.8 Å². The predicted octanol–water partition coefficient (Wildman–Crippen LogP) is 3.17. The zero-order chi connectivity index (χ0) is 11.3. The number of halogens is 1. The molecule has 2 nitrogen and oxygen atoms in total. The van der Waals surface area contributed by atoms with Gasteiger partial charge in [0.1, 0.15) is 0 Å². The smallest absolute Gasteiger partial charge is 0.151 e. The fourth-order valence-corrected chi connectivity index (χ4v) is 4.64. The lowest BCUT2D eigenvalue weighted by molar-refractivity contribution is 0.717. The number of fused-ring (bicyclic) bond motifs is 3. The molecule has 2 unspecified atom stereocenters. The number of alkyl halides is 1. The molecule has 3 rings (SSSR count). The summed E-state index contributed by atoms with van der Waals surface area (Å²) in [6.07, 6.45) is 0. The Morgan fingerprint density at radius 1 is 1.44 bits per heavy atom. The Balaban J connectivity index is 2.00. The Bertz CT molecular complexity index is 425. The predicted molar refractivity (Wildman–Crippen MR) is 80.9 cm³/mol. The van der Waals surface area contributed by atoms with Gasteiger partial charge in [0.15, 0.2) is 5.50 Å². The van der Waals surface area contributed by atoms with Crippen LogP contribution in [-0.4, -0.2) is 28.3 Å². The Hall–Kier alpha value is -0.100. The van der Waals surface area contributed by atoms with Crippen LogP contribution in [0.15, 0.2) is 24.3 Å². The maximum absolute atomic E-state index is 2.54. The molecular formula is C12H15IN2S. The second kappa shape index (κ2) is 3.70. The highest BCUT2D eigenvalue weighted by Gasteiger charge is 2.47. The lowest BCUT2D eigenvalue weighted by Gasteiger charge is -2.23. The average molecular weight is 346 g/mol. The third kappa shape index (κ3) is 1.45. The fraction of sp³-hybridized carbons (Fsp3) is 0.500. The number of hydrogen-bond acceptors (Lipinski definition) is 3. The number of hydrogen-bond donors (Lipinski definition) is 0. The van der Waals surface area contributed by atoms with Gasteiger partial charge in [-0.15, -0.1) is 11.8 Å². The molecule has 86 valence electrons. The van der Waals surface area contributed by atoms with Gasteiger partial charge >= 0.3 is 0 Å². The highest BCUT2D eigenvalue weighted by molar-refractivity contribution is 14.1. The number of thioether (sulfide) groups is 1. The van der Waals surface area contributed by atoms with Crippen LogP contribution in [0.1, 0.15) is 6.92 Å². The third-order valence-electron chi connectivity index (χ3n) is 3.35. The van der Waals surface area contributed by atoms with Gasteiger partial charge in [0.2, 0.25) is 0 Å². The van der Waals surface area contributed by atoms with Crippen molar-refractivity contribution in [3.63, 3.8) is 0 Å². The molecule has 2 atom stereocenters. The summed E-state index contributed by atoms with van der Waals surface area (Å²) in [4.78, 5) is 4.94. The molecule has 0 aliphatic carbocycles. The van der Waals surface area contributed by atoms with Gasteiger partial charge in [-0.05, 0) is 19.1 Å². The summed E-state index contributed by atoms with van der Waals surface area (Å²) in [6, 6.07) is 8.72. The molecule has 0 aromatic heterocycles. The molecule has 2 aliphatic rings. The summed E-state index contributed by atoms with van der Waals surface area (Å²) in [5, 5.41) is 0. The normalized spacial score (nSPS) is 31.8. The minimum absolute atomic E-state index is 0.396. The molecule has 0 radical (unpaired) electrons. The number of rotatable bonds is 1. The van der Waals surface area contributed by atoms with E-state index in [0.717, 1.165) is 6.54 Å². The minimum Gasteiger partial charge on any atom is -0.344 e. The van der Waals surface area contributed by atoms with E-state index >= 15 is 0 Å². The highest BCUT2D eigenvalue weighted by Crippen LogP contribution is 2.51. The Labute approximate surface area is 115 Å². The highest BCUT2D eigenvalue weighted by atomic mass is 127. The van der Waals surface area contributed by atoms with Crippen molar-refractivity contribution in [1.82, 2.24) is 0 Å². The first-order chi connectivity index (χ1) is 7.64. The number of para-hydroxylation sites is 2. The van der Waals surface area contributed by atoms with Crippen LogP contribution in [0.4, 0.5) is 11.4 Å². The molecule has 1 aromatic rings. The topological polar surface area (TPSA) is 6.48 Å². The van der Waals surface area contributed by atoms with E-state index in [0.29, 0.717) is 10.2 Å². The summed E-state index contributed by atoms with van der Waals surface area (Å²) in [7, 11) is 2.20. The number of benzene rings is 1. The zero-order valence-corrected chi connectivity index (χ0v) is 12.5. The Morgan fingerprint density at radius 3 is 2.81 bits per heavy atom. The van der Waals surface area contributed by atoms with Crippen molar-refractivity contribution in [2.75, 3.05) is 27.8 Å². The molecule has 16 heavy (non-hydrogen) atoms. The molecule has 0 spiro atoms. The Kier molecular flexibility index (Phi) is 2.55. The molecular weight excluding hydrogens is 331 g/mol. The fourth-order valence-electron chi connectivity index (χ4n) is 2.48. The minimum atomic E-state index is 0.396. The third-order valence-corrected chi connectivity index (χ3v) is 7.17. The van der Waals surface area contributed by atoms with Crippen molar-refractivity contribution in [2.45, 2.75) is 17.2 Å². The standard InChI is InChI=1S/C12H15IN2S/c1-12(7-13)8-15-10-6-4-3-5-9(10)14(2)11(15)16-12/h3-6,11H,7-8H2,1-2H3. The number of nitrogens with zero attached hydrogens (tertiary/aromatic N) is 2. The van der Waals surface area contributed by atoms with Crippen LogP contribution in [0, 0.1) is 0 Å². The van der Waals surface area contributed by atoms with Gasteiger partial charge < -0.3 is 9.80 Å². The van der Waals surface area contributed by atoms with Crippen molar-refractivity contribution in [3.05, 3.63) is 24.3 Å². The maximum Gasteiger partial charge on any atom is 0.151 e. The van der Waals surface area contributed by atoms with Crippen molar-refractivity contribution in [2.24, 2.45) is 0 Å². The van der Waals surface area contributed by atoms with Gasteiger partial charge in [-0.2, -0.15) is 0 Å². The van der Waals surface area contributed by atoms with Gasteiger partial charge in [-0.25, -0.2) is 0 Å². The van der Waals surface area contributed by atoms with Crippen LogP contribution >= 0.6 is 34.4 Å². The van der Waals surface area contributed by atoms with Crippen LogP contribution in [-0.2, 0) is 0 Å². The molecule has 1 aromatic carbocycles. The van der Waals surface area contributed by atoms with Gasteiger partial charge in [-0.1, -0.05) is 34.7 Å². The monoisotopic (exact) mass is 346 g/mol. The van der Waals surface area contributed by atoms with E-state index in [9.17, 15) is 0 Å². The molecule has 0 N–H and O–H groups in total. The molecule has 1 fully saturated rings. The first-order valence-electron chi connectivity index (χ1n) is 5.47. The van der Waals surface area contributed by atoms with E-state index in [4.69, 9.17) is 0 Å². The lowest BCUT2D eigenvalue weighted by Crippen LogP contribution is -2.34. The molecule has 2 aliphatic heterocycles. The Morgan fingerprint density at radius 2 is 2.12 bits per heavy atom. The first kappa shape index (κ1) is 11.0. The summed E-state index contributed by atoms with van der Waals surface area (Å²) >= 11 is 4.60. The summed E-state index contributed by atoms with van der Waals surface area (Å²) in [6.45, 7) is 3.53. The van der Waals surface area contributed by atoms with Gasteiger partial charge in [0.25, 0.3) is 0 Å². The van der Waals surface area contributed by atoms with E-state index in [-0.39, 0.29) is 0 Å². The largest absolute Gasteiger partial charge is 0.344 e. The first-order valence-corrected chi connectivity index (χ1v) is 7.87. The van der Waals surface area contributed by atoms with Crippen LogP contribution in [0.2, 0.25) is 0 Å². The number of anilines is 2. The quantitative estimate of drug-likeness (QED) is 0.570. The van der Waals surface area contributed by atoms with Gasteiger partial charge in [0, 0.05) is 22.8 Å². The lowest BCUT2D eigenvalue weighted by atomic mass is 10.2. The summed E-state index contributed by atoms with van der Waals surface area (Å²) in [5.41, 5.74) is 3.27. The van der Waals surface area contributed by atoms with E-state index in [2.05, 4.69) is 82.4 Å². The van der Waals surface area contributed by atoms with E-state index in [1.807, 2.05) is 0 Å². The van der Waals surface area contributed by atoms with Gasteiger partial charge in [-0.3, -0.25) is 0 Å². The molecule has 0 bridgehead atoms. The average Bonchev–Trinajstić information content (AvgIpc) is 2.77. The SMILES string of the molecule is CN1c2ccccc2N2CC(C)(CI)SC12. The van der Waals surface area contributed by atoms with E-state index in [1.54, 1.807) is 0 Å². The van der Waals surface area contributed by atoms with Crippen molar-refractivity contribution < 1.29 is 0 Å². The summed E-state index contributed by atoms with van der Waals surface area (Å²) in [5.74, 6) is 0. The van der Waals surface area contributed by atoms with Crippen LogP contribution < -0.4 is 9.80 Å². The molecule has 2 heterocycles. The second-order valence-electron chi connectivity index (χ2n) is 4.76. The molecule has 4 heteroatoms. The second-order valence-corrected chi connectivity index (χ2v) is 7.16. The van der Waals surface area contributed by atoms with Crippen molar-refractivity contribution in [1.29, 1.82) is 0 Å². The van der Waals surface area contributed by atoms with Crippen molar-refractivity contribution in [3.8, 4) is 0 Å². The summed E-state index contributed by atoms with van der Waals surface area (Å²) < 4.78 is 1.60. The van der Waals surface area contributed by atoms with E-state index < -0.39 is 0 Å². The van der Waals surface area contributed by atoms with Gasteiger partial charge in [0.05, 0.1) is 11.4 Å². The molecule has 0 amide bonds. The van der Waals surface area contributed by atoms with Crippen LogP contribution in [0.25, 0.3) is 0 Å². The molecule has 1 saturated heterocycles. The van der Waals surface area contributed by atoms with Crippen molar-refractivity contribution >= 4 is 45.7 Å². The molecule has 0 saturated carbocycles. The van der Waals surface area contributed by atoms with Crippen LogP contribution in [0.5, 0.6) is 0 Å². The van der Waals surface area contributed by atoms with Crippen LogP contribution in [0.3, 0.4) is 0 Å². The zero-order valence-electron chi connectivity index (χ0n) is 9.48.